The molecular weight excluding hydrogens is 218 g/mol. The molecule has 1 nitrogen and oxygen atoms in total. The molecule has 2 aliphatic carbocycles. The van der Waals surface area contributed by atoms with Crippen molar-refractivity contribution in [3.63, 3.8) is 0 Å². The summed E-state index contributed by atoms with van der Waals surface area (Å²) in [4.78, 5) is 0. The number of hydrogen-bond acceptors (Lipinski definition) is 1. The van der Waals surface area contributed by atoms with Crippen molar-refractivity contribution in [2.24, 2.45) is 17.3 Å². The summed E-state index contributed by atoms with van der Waals surface area (Å²) in [5.74, 6) is 2.84. The summed E-state index contributed by atoms with van der Waals surface area (Å²) in [6, 6.07) is 11.3. The lowest BCUT2D eigenvalue weighted by molar-refractivity contribution is 0.0820. The highest BCUT2D eigenvalue weighted by Crippen LogP contribution is 2.63. The molecule has 1 aromatic rings. The SMILES string of the molecule is c1ccc(C2CNCCC23CC2CCC3C2)cc1. The minimum Gasteiger partial charge on any atom is -0.316 e. The van der Waals surface area contributed by atoms with E-state index < -0.39 is 0 Å². The number of piperidine rings is 1. The van der Waals surface area contributed by atoms with Crippen LogP contribution in [0.4, 0.5) is 0 Å². The molecule has 1 heteroatoms. The summed E-state index contributed by atoms with van der Waals surface area (Å²) in [7, 11) is 0. The number of nitrogens with one attached hydrogen (secondary N) is 1. The number of fused-ring (bicyclic) bond motifs is 3. The van der Waals surface area contributed by atoms with Crippen LogP contribution < -0.4 is 5.32 Å². The van der Waals surface area contributed by atoms with Gasteiger partial charge in [0, 0.05) is 12.5 Å². The third-order valence-corrected chi connectivity index (χ3v) is 6.03. The Morgan fingerprint density at radius 2 is 2.00 bits per heavy atom. The Balaban J connectivity index is 1.72. The van der Waals surface area contributed by atoms with Gasteiger partial charge in [0.2, 0.25) is 0 Å². The van der Waals surface area contributed by atoms with Gasteiger partial charge < -0.3 is 5.32 Å². The van der Waals surface area contributed by atoms with Crippen molar-refractivity contribution in [3.05, 3.63) is 35.9 Å². The van der Waals surface area contributed by atoms with E-state index in [1.165, 1.54) is 45.2 Å². The summed E-state index contributed by atoms with van der Waals surface area (Å²) in [6.07, 6.45) is 7.48. The Morgan fingerprint density at radius 3 is 2.72 bits per heavy atom. The van der Waals surface area contributed by atoms with Gasteiger partial charge in [-0.2, -0.15) is 0 Å². The molecule has 1 spiro atoms. The molecule has 1 N–H and O–H groups in total. The minimum atomic E-state index is 0.648. The molecule has 0 aromatic heterocycles. The molecule has 2 saturated carbocycles. The molecule has 1 aromatic carbocycles. The highest BCUT2D eigenvalue weighted by molar-refractivity contribution is 5.26. The highest BCUT2D eigenvalue weighted by atomic mass is 14.9. The van der Waals surface area contributed by atoms with Crippen molar-refractivity contribution in [2.45, 2.75) is 38.0 Å². The molecule has 18 heavy (non-hydrogen) atoms. The lowest BCUT2D eigenvalue weighted by Crippen LogP contribution is -2.46. The van der Waals surface area contributed by atoms with Crippen molar-refractivity contribution in [2.75, 3.05) is 13.1 Å². The Morgan fingerprint density at radius 1 is 1.11 bits per heavy atom. The molecule has 96 valence electrons. The number of hydrogen-bond donors (Lipinski definition) is 1. The van der Waals surface area contributed by atoms with E-state index in [-0.39, 0.29) is 0 Å². The van der Waals surface area contributed by atoms with Gasteiger partial charge in [-0.15, -0.1) is 0 Å². The summed E-state index contributed by atoms with van der Waals surface area (Å²) in [6.45, 7) is 2.44. The molecule has 0 radical (unpaired) electrons. The molecule has 0 amide bonds. The quantitative estimate of drug-likeness (QED) is 0.792. The zero-order valence-electron chi connectivity index (χ0n) is 11.1. The fraction of sp³-hybridized carbons (Fsp3) is 0.647. The van der Waals surface area contributed by atoms with E-state index in [4.69, 9.17) is 0 Å². The van der Waals surface area contributed by atoms with Crippen LogP contribution in [0.15, 0.2) is 30.3 Å². The Hall–Kier alpha value is -0.820. The molecule has 3 fully saturated rings. The van der Waals surface area contributed by atoms with Gasteiger partial charge in [-0.25, -0.2) is 0 Å². The van der Waals surface area contributed by atoms with Crippen LogP contribution in [0.25, 0.3) is 0 Å². The van der Waals surface area contributed by atoms with E-state index in [0.717, 1.165) is 17.8 Å². The fourth-order valence-electron chi connectivity index (χ4n) is 5.30. The number of benzene rings is 1. The van der Waals surface area contributed by atoms with Gasteiger partial charge in [0.15, 0.2) is 0 Å². The summed E-state index contributed by atoms with van der Waals surface area (Å²) in [5.41, 5.74) is 2.23. The molecule has 4 atom stereocenters. The largest absolute Gasteiger partial charge is 0.316 e. The first-order valence-electron chi connectivity index (χ1n) is 7.64. The van der Waals surface area contributed by atoms with Crippen LogP contribution in [0.1, 0.15) is 43.6 Å². The first kappa shape index (κ1) is 11.0. The highest BCUT2D eigenvalue weighted by Gasteiger charge is 2.55. The van der Waals surface area contributed by atoms with Crippen LogP contribution in [0, 0.1) is 17.3 Å². The maximum absolute atomic E-state index is 3.64. The van der Waals surface area contributed by atoms with E-state index in [2.05, 4.69) is 35.6 Å². The Labute approximate surface area is 110 Å². The normalized spacial score (nSPS) is 42.6. The van der Waals surface area contributed by atoms with Gasteiger partial charge in [0.05, 0.1) is 0 Å². The van der Waals surface area contributed by atoms with Crippen molar-refractivity contribution in [1.82, 2.24) is 5.32 Å². The molecule has 4 rings (SSSR count). The summed E-state index contributed by atoms with van der Waals surface area (Å²) in [5, 5.41) is 3.64. The van der Waals surface area contributed by atoms with Crippen LogP contribution >= 0.6 is 0 Å². The Kier molecular flexibility index (Phi) is 2.51. The molecule has 3 aliphatic rings. The second-order valence-corrected chi connectivity index (χ2v) is 6.73. The van der Waals surface area contributed by atoms with Gasteiger partial charge in [-0.1, -0.05) is 36.8 Å². The molecule has 1 heterocycles. The van der Waals surface area contributed by atoms with E-state index in [1.807, 2.05) is 0 Å². The van der Waals surface area contributed by atoms with Crippen LogP contribution in [0.2, 0.25) is 0 Å². The van der Waals surface area contributed by atoms with Gasteiger partial charge >= 0.3 is 0 Å². The molecule has 1 aliphatic heterocycles. The van der Waals surface area contributed by atoms with E-state index in [9.17, 15) is 0 Å². The minimum absolute atomic E-state index is 0.648. The van der Waals surface area contributed by atoms with Crippen LogP contribution in [0.5, 0.6) is 0 Å². The third-order valence-electron chi connectivity index (χ3n) is 6.03. The molecule has 4 unspecified atom stereocenters. The lowest BCUT2D eigenvalue weighted by Gasteiger charge is -2.48. The standard InChI is InChI=1S/C17H23N/c1-2-4-14(5-3-1)16-12-18-9-8-17(16)11-13-6-7-15(17)10-13/h1-5,13,15-16,18H,6-12H2. The van der Waals surface area contributed by atoms with Crippen LogP contribution in [-0.4, -0.2) is 13.1 Å². The van der Waals surface area contributed by atoms with Crippen LogP contribution in [0.3, 0.4) is 0 Å². The molecular formula is C17H23N. The summed E-state index contributed by atoms with van der Waals surface area (Å²) >= 11 is 0. The molecule has 1 saturated heterocycles. The first-order valence-corrected chi connectivity index (χ1v) is 7.64. The smallest absolute Gasteiger partial charge is 0.00256 e. The van der Waals surface area contributed by atoms with E-state index in [0.29, 0.717) is 5.41 Å². The average molecular weight is 241 g/mol. The topological polar surface area (TPSA) is 12.0 Å². The predicted octanol–water partition coefficient (Wildman–Crippen LogP) is 3.57. The van der Waals surface area contributed by atoms with Gasteiger partial charge in [0.25, 0.3) is 0 Å². The second kappa shape index (κ2) is 4.09. The Bertz CT molecular complexity index is 426. The zero-order valence-corrected chi connectivity index (χ0v) is 11.1. The van der Waals surface area contributed by atoms with Crippen molar-refractivity contribution in [1.29, 1.82) is 0 Å². The average Bonchev–Trinajstić information content (AvgIpc) is 3.01. The maximum atomic E-state index is 3.64. The van der Waals surface area contributed by atoms with Gasteiger partial charge in [-0.05, 0) is 55.0 Å². The maximum Gasteiger partial charge on any atom is 0.00256 e. The second-order valence-electron chi connectivity index (χ2n) is 6.73. The monoisotopic (exact) mass is 241 g/mol. The summed E-state index contributed by atoms with van der Waals surface area (Å²) < 4.78 is 0. The van der Waals surface area contributed by atoms with Crippen molar-refractivity contribution >= 4 is 0 Å². The van der Waals surface area contributed by atoms with E-state index in [1.54, 1.807) is 5.56 Å². The fourth-order valence-corrected chi connectivity index (χ4v) is 5.30. The molecule has 2 bridgehead atoms. The van der Waals surface area contributed by atoms with Crippen molar-refractivity contribution in [3.8, 4) is 0 Å². The third kappa shape index (κ3) is 1.50. The number of rotatable bonds is 1. The van der Waals surface area contributed by atoms with Crippen molar-refractivity contribution < 1.29 is 0 Å². The zero-order chi connectivity index (χ0) is 12.0. The predicted molar refractivity (Wildman–Crippen MR) is 74.6 cm³/mol. The van der Waals surface area contributed by atoms with E-state index >= 15 is 0 Å². The van der Waals surface area contributed by atoms with Gasteiger partial charge in [-0.3, -0.25) is 0 Å². The lowest BCUT2D eigenvalue weighted by atomic mass is 9.60. The first-order chi connectivity index (χ1) is 8.88. The van der Waals surface area contributed by atoms with Gasteiger partial charge in [0.1, 0.15) is 0 Å². The van der Waals surface area contributed by atoms with Crippen LogP contribution in [-0.2, 0) is 0 Å².